The average Bonchev–Trinajstić information content (AvgIpc) is 3.22. The number of ether oxygens (including phenoxy) is 3. The lowest BCUT2D eigenvalue weighted by molar-refractivity contribution is -0.374. The molecule has 13 heteroatoms. The van der Waals surface area contributed by atoms with Crippen molar-refractivity contribution >= 4 is 29.7 Å². The van der Waals surface area contributed by atoms with Gasteiger partial charge in [-0.05, 0) is 43.1 Å². The van der Waals surface area contributed by atoms with E-state index in [1.807, 2.05) is 44.2 Å². The lowest BCUT2D eigenvalue weighted by Gasteiger charge is -2.48. The summed E-state index contributed by atoms with van der Waals surface area (Å²) in [7, 11) is 0. The van der Waals surface area contributed by atoms with Crippen LogP contribution in [0, 0.1) is 23.7 Å². The molecule has 0 saturated carbocycles. The van der Waals surface area contributed by atoms with Crippen LogP contribution < -0.4 is 0 Å². The van der Waals surface area contributed by atoms with E-state index in [1.165, 1.54) is 0 Å². The maximum Gasteiger partial charge on any atom is 0.344 e. The zero-order valence-corrected chi connectivity index (χ0v) is 26.9. The summed E-state index contributed by atoms with van der Waals surface area (Å²) in [5.41, 5.74) is -6.39. The minimum Gasteiger partial charge on any atom is -0.479 e. The molecule has 0 aliphatic carbocycles. The maximum atomic E-state index is 13.2. The largest absolute Gasteiger partial charge is 0.479 e. The van der Waals surface area contributed by atoms with Gasteiger partial charge >= 0.3 is 23.9 Å². The van der Waals surface area contributed by atoms with Crippen LogP contribution in [0.15, 0.2) is 30.3 Å². The van der Waals surface area contributed by atoms with Gasteiger partial charge in [0.25, 0.3) is 0 Å². The van der Waals surface area contributed by atoms with E-state index in [4.69, 9.17) is 14.2 Å². The summed E-state index contributed by atoms with van der Waals surface area (Å²) in [5.74, 6) is -11.0. The third-order valence-electron chi connectivity index (χ3n) is 9.49. The van der Waals surface area contributed by atoms with Crippen LogP contribution in [0.25, 0.3) is 0 Å². The van der Waals surface area contributed by atoms with E-state index in [2.05, 4.69) is 6.92 Å². The number of fused-ring (bicyclic) bond motifs is 2. The predicted molar refractivity (Wildman–Crippen MR) is 160 cm³/mol. The number of hydrogen-bond acceptors (Lipinski definition) is 10. The minimum absolute atomic E-state index is 0.0743. The fourth-order valence-electron chi connectivity index (χ4n) is 6.60. The van der Waals surface area contributed by atoms with Gasteiger partial charge in [0.2, 0.25) is 23.1 Å². The molecule has 2 fully saturated rings. The van der Waals surface area contributed by atoms with Gasteiger partial charge in [0.15, 0.2) is 6.10 Å². The van der Waals surface area contributed by atoms with E-state index >= 15 is 0 Å². The topological polar surface area (TPSA) is 214 Å². The third-order valence-corrected chi connectivity index (χ3v) is 9.49. The molecule has 2 bridgehead atoms. The summed E-state index contributed by atoms with van der Waals surface area (Å²) < 4.78 is 16.5. The Morgan fingerprint density at radius 1 is 0.913 bits per heavy atom. The van der Waals surface area contributed by atoms with Gasteiger partial charge in [-0.3, -0.25) is 9.59 Å². The lowest BCUT2D eigenvalue weighted by Crippen LogP contribution is -2.78. The average molecular weight is 651 g/mol. The number of ketones is 1. The number of aliphatic carboxylic acids is 3. The first-order valence-electron chi connectivity index (χ1n) is 15.7. The summed E-state index contributed by atoms with van der Waals surface area (Å²) in [6.45, 7) is 9.34. The van der Waals surface area contributed by atoms with Crippen LogP contribution in [-0.2, 0) is 44.6 Å². The molecule has 256 valence electrons. The standard InChI is InChI=1S/C33H46O13/c1-6-18(2)16-19(3)12-13-23(34)44-26-25(36)31(15-14-20(4)24(35)21(5)17-22-10-8-7-9-11-22)45-27(28(37)38)32(43,29(39)40)33(26,46-31)30(41)42/h7-11,18-21,25-27,36,43H,6,12-17H2,1-5H3,(H,37,38)(H,39,40)(H,41,42)/t18-,19+,20+,21+,25+,26+,27+,31-,32+,33-/m0/s1. The quantitative estimate of drug-likeness (QED) is 0.154. The van der Waals surface area contributed by atoms with Crippen LogP contribution in [0.5, 0.6) is 0 Å². The summed E-state index contributed by atoms with van der Waals surface area (Å²) >= 11 is 0. The Bertz CT molecular complexity index is 1280. The number of Topliss-reactive ketones (excluding diaryl/α,β-unsaturated/α-hetero) is 1. The van der Waals surface area contributed by atoms with Crippen molar-refractivity contribution in [1.29, 1.82) is 0 Å². The molecule has 13 nitrogen and oxygen atoms in total. The molecule has 1 aromatic carbocycles. The third kappa shape index (κ3) is 6.97. The minimum atomic E-state index is -3.84. The first kappa shape index (κ1) is 37.1. The number of hydrogen-bond donors (Lipinski definition) is 5. The number of carbonyl (C=O) groups excluding carboxylic acids is 2. The smallest absolute Gasteiger partial charge is 0.344 e. The van der Waals surface area contributed by atoms with Crippen molar-refractivity contribution in [3.63, 3.8) is 0 Å². The summed E-state index contributed by atoms with van der Waals surface area (Å²) in [6, 6.07) is 9.29. The van der Waals surface area contributed by atoms with E-state index in [0.717, 1.165) is 18.4 Å². The number of esters is 1. The molecule has 2 aliphatic heterocycles. The number of benzene rings is 1. The van der Waals surface area contributed by atoms with Crippen LogP contribution in [0.3, 0.4) is 0 Å². The number of carboxylic acid groups (broad SMARTS) is 3. The molecule has 1 aromatic rings. The van der Waals surface area contributed by atoms with E-state index in [9.17, 15) is 49.5 Å². The monoisotopic (exact) mass is 650 g/mol. The Morgan fingerprint density at radius 3 is 2.09 bits per heavy atom. The number of rotatable bonds is 17. The van der Waals surface area contributed by atoms with Crippen molar-refractivity contribution < 1.29 is 63.7 Å². The SMILES string of the molecule is CC[C@H](C)C[C@H](C)CCC(=O)O[C@@H]1[C@@H](O)[C@@]2(CC[C@@H](C)C(=O)[C@H](C)Cc3ccccc3)O[C@H](C(=O)O)[C@@](O)(C(=O)O)[C@]1(C(=O)O)O2. The molecule has 46 heavy (non-hydrogen) atoms. The van der Waals surface area contributed by atoms with Gasteiger partial charge in [-0.25, -0.2) is 14.4 Å². The van der Waals surface area contributed by atoms with Gasteiger partial charge in [-0.2, -0.15) is 0 Å². The van der Waals surface area contributed by atoms with E-state index in [1.54, 1.807) is 13.8 Å². The van der Waals surface area contributed by atoms with Crippen molar-refractivity contribution in [2.24, 2.45) is 23.7 Å². The molecule has 0 aromatic heterocycles. The van der Waals surface area contributed by atoms with Gasteiger partial charge in [-0.1, -0.05) is 71.4 Å². The predicted octanol–water partition coefficient (Wildman–Crippen LogP) is 2.82. The molecule has 0 spiro atoms. The van der Waals surface area contributed by atoms with Crippen LogP contribution in [0.2, 0.25) is 0 Å². The molecule has 2 aliphatic rings. The molecular weight excluding hydrogens is 604 g/mol. The molecule has 5 N–H and O–H groups in total. The second kappa shape index (κ2) is 14.6. The molecule has 0 unspecified atom stereocenters. The van der Waals surface area contributed by atoms with E-state index < -0.39 is 77.4 Å². The first-order valence-corrected chi connectivity index (χ1v) is 15.7. The summed E-state index contributed by atoms with van der Waals surface area (Å²) in [5, 5.41) is 53.2. The van der Waals surface area contributed by atoms with Crippen molar-refractivity contribution in [2.45, 2.75) is 115 Å². The highest BCUT2D eigenvalue weighted by Gasteiger charge is 2.85. The second-order valence-electron chi connectivity index (χ2n) is 13.0. The molecule has 3 rings (SSSR count). The normalized spacial score (nSPS) is 31.3. The van der Waals surface area contributed by atoms with Crippen LogP contribution in [0.4, 0.5) is 0 Å². The molecular formula is C33H46O13. The zero-order chi connectivity index (χ0) is 34.6. The Balaban J connectivity index is 1.93. The zero-order valence-electron chi connectivity index (χ0n) is 26.9. The van der Waals surface area contributed by atoms with E-state index in [-0.39, 0.29) is 24.5 Å². The second-order valence-corrected chi connectivity index (χ2v) is 13.0. The van der Waals surface area contributed by atoms with Gasteiger partial charge in [0, 0.05) is 24.7 Å². The Hall–Kier alpha value is -3.39. The van der Waals surface area contributed by atoms with Crippen LogP contribution in [0.1, 0.15) is 78.7 Å². The van der Waals surface area contributed by atoms with Crippen molar-refractivity contribution in [3.8, 4) is 0 Å². The number of carboxylic acids is 3. The number of carbonyl (C=O) groups is 5. The summed E-state index contributed by atoms with van der Waals surface area (Å²) in [4.78, 5) is 63.9. The first-order chi connectivity index (χ1) is 21.5. The highest BCUT2D eigenvalue weighted by atomic mass is 16.8. The number of aliphatic hydroxyl groups is 2. The van der Waals surface area contributed by atoms with Gasteiger partial charge in [-0.15, -0.1) is 0 Å². The van der Waals surface area contributed by atoms with Gasteiger partial charge < -0.3 is 39.7 Å². The fraction of sp³-hybridized carbons (Fsp3) is 0.667. The lowest BCUT2D eigenvalue weighted by atomic mass is 9.74. The molecule has 0 radical (unpaired) electrons. The maximum absolute atomic E-state index is 13.2. The van der Waals surface area contributed by atoms with Crippen molar-refractivity contribution in [3.05, 3.63) is 35.9 Å². The van der Waals surface area contributed by atoms with E-state index in [0.29, 0.717) is 18.8 Å². The Labute approximate surface area is 267 Å². The molecule has 0 amide bonds. The fourth-order valence-corrected chi connectivity index (χ4v) is 6.60. The highest BCUT2D eigenvalue weighted by Crippen LogP contribution is 2.56. The van der Waals surface area contributed by atoms with Crippen molar-refractivity contribution in [2.75, 3.05) is 0 Å². The van der Waals surface area contributed by atoms with Crippen molar-refractivity contribution in [1.82, 2.24) is 0 Å². The number of aliphatic hydroxyl groups excluding tert-OH is 1. The molecule has 10 atom stereocenters. The molecule has 2 saturated heterocycles. The molecule has 2 heterocycles. The van der Waals surface area contributed by atoms with Gasteiger partial charge in [0.1, 0.15) is 11.9 Å². The Kier molecular flexibility index (Phi) is 11.7. The Morgan fingerprint density at radius 2 is 1.54 bits per heavy atom. The van der Waals surface area contributed by atoms with Crippen LogP contribution in [-0.4, -0.2) is 90.5 Å². The van der Waals surface area contributed by atoms with Crippen LogP contribution >= 0.6 is 0 Å². The highest BCUT2D eigenvalue weighted by molar-refractivity contribution is 5.98. The summed E-state index contributed by atoms with van der Waals surface area (Å²) in [6.07, 6.45) is -5.73. The van der Waals surface area contributed by atoms with Gasteiger partial charge in [0.05, 0.1) is 0 Å².